The SMILES string of the molecule is COc1cc(CO)cc(Nc2ncc(-c3cnn(C(C)C)c3)c(Nc3ccc4c(c3)CNCC4)n2)c1. The van der Waals surface area contributed by atoms with E-state index >= 15 is 0 Å². The Bertz CT molecular complexity index is 1340. The molecule has 2 aromatic carbocycles. The molecule has 5 rings (SSSR count). The Hall–Kier alpha value is -3.95. The predicted octanol–water partition coefficient (Wildman–Crippen LogP) is 4.55. The highest BCUT2D eigenvalue weighted by molar-refractivity contribution is 5.78. The molecule has 0 radical (unpaired) electrons. The van der Waals surface area contributed by atoms with Gasteiger partial charge < -0.3 is 25.8 Å². The molecule has 4 N–H and O–H groups in total. The average Bonchev–Trinajstić information content (AvgIpc) is 3.39. The minimum absolute atomic E-state index is 0.0918. The summed E-state index contributed by atoms with van der Waals surface area (Å²) < 4.78 is 7.28. The Morgan fingerprint density at radius 3 is 2.75 bits per heavy atom. The van der Waals surface area contributed by atoms with Crippen molar-refractivity contribution in [3.63, 3.8) is 0 Å². The number of benzene rings is 2. The van der Waals surface area contributed by atoms with E-state index < -0.39 is 0 Å². The summed E-state index contributed by atoms with van der Waals surface area (Å²) in [5, 5.41) is 24.3. The maximum atomic E-state index is 9.61. The average molecular weight is 486 g/mol. The smallest absolute Gasteiger partial charge is 0.229 e. The normalized spacial score (nSPS) is 12.9. The molecular formula is C27H31N7O2. The van der Waals surface area contributed by atoms with Crippen molar-refractivity contribution >= 4 is 23.1 Å². The number of ether oxygens (including phenoxy) is 1. The van der Waals surface area contributed by atoms with Crippen LogP contribution in [0.3, 0.4) is 0 Å². The maximum Gasteiger partial charge on any atom is 0.229 e. The van der Waals surface area contributed by atoms with Gasteiger partial charge in [-0.1, -0.05) is 6.07 Å². The molecule has 0 bridgehead atoms. The number of nitrogens with one attached hydrogen (secondary N) is 3. The summed E-state index contributed by atoms with van der Waals surface area (Å²) in [6, 6.07) is 12.2. The molecule has 9 nitrogen and oxygen atoms in total. The molecule has 0 atom stereocenters. The van der Waals surface area contributed by atoms with Crippen molar-refractivity contribution in [1.29, 1.82) is 0 Å². The lowest BCUT2D eigenvalue weighted by molar-refractivity contribution is 0.281. The van der Waals surface area contributed by atoms with Crippen molar-refractivity contribution < 1.29 is 9.84 Å². The number of aliphatic hydroxyl groups is 1. The summed E-state index contributed by atoms with van der Waals surface area (Å²) in [5.41, 5.74) is 6.87. The van der Waals surface area contributed by atoms with E-state index in [0.29, 0.717) is 17.5 Å². The van der Waals surface area contributed by atoms with E-state index in [1.165, 1.54) is 11.1 Å². The van der Waals surface area contributed by atoms with Gasteiger partial charge in [0, 0.05) is 53.5 Å². The third-order valence-electron chi connectivity index (χ3n) is 6.23. The summed E-state index contributed by atoms with van der Waals surface area (Å²) in [6.07, 6.45) is 6.68. The van der Waals surface area contributed by atoms with Crippen LogP contribution in [0, 0.1) is 0 Å². The van der Waals surface area contributed by atoms with Crippen LogP contribution in [0.1, 0.15) is 36.6 Å². The minimum atomic E-state index is -0.0918. The van der Waals surface area contributed by atoms with Crippen molar-refractivity contribution in [2.75, 3.05) is 24.3 Å². The molecule has 0 unspecified atom stereocenters. The van der Waals surface area contributed by atoms with Gasteiger partial charge in [0.2, 0.25) is 5.95 Å². The third-order valence-corrected chi connectivity index (χ3v) is 6.23. The van der Waals surface area contributed by atoms with Crippen LogP contribution < -0.4 is 20.7 Å². The molecule has 0 spiro atoms. The summed E-state index contributed by atoms with van der Waals surface area (Å²) in [4.78, 5) is 9.40. The number of rotatable bonds is 8. The van der Waals surface area contributed by atoms with Gasteiger partial charge in [-0.2, -0.15) is 10.1 Å². The van der Waals surface area contributed by atoms with Crippen LogP contribution in [-0.2, 0) is 19.6 Å². The maximum absolute atomic E-state index is 9.61. The van der Waals surface area contributed by atoms with Gasteiger partial charge in [-0.3, -0.25) is 4.68 Å². The van der Waals surface area contributed by atoms with Gasteiger partial charge in [-0.05, 0) is 67.8 Å². The molecule has 0 fully saturated rings. The second-order valence-electron chi connectivity index (χ2n) is 9.15. The van der Waals surface area contributed by atoms with Gasteiger partial charge >= 0.3 is 0 Å². The zero-order valence-corrected chi connectivity index (χ0v) is 20.7. The van der Waals surface area contributed by atoms with Gasteiger partial charge in [-0.15, -0.1) is 0 Å². The lowest BCUT2D eigenvalue weighted by atomic mass is 10.0. The first-order chi connectivity index (χ1) is 17.5. The summed E-state index contributed by atoms with van der Waals surface area (Å²) in [7, 11) is 1.60. The monoisotopic (exact) mass is 485 g/mol. The number of aromatic nitrogens is 4. The van der Waals surface area contributed by atoms with Crippen molar-refractivity contribution in [1.82, 2.24) is 25.1 Å². The van der Waals surface area contributed by atoms with Gasteiger partial charge in [0.25, 0.3) is 0 Å². The first-order valence-electron chi connectivity index (χ1n) is 12.1. The van der Waals surface area contributed by atoms with Crippen LogP contribution in [-0.4, -0.2) is 38.5 Å². The molecule has 36 heavy (non-hydrogen) atoms. The number of nitrogens with zero attached hydrogens (tertiary/aromatic N) is 4. The summed E-state index contributed by atoms with van der Waals surface area (Å²) in [6.45, 7) is 5.96. The van der Waals surface area contributed by atoms with Gasteiger partial charge in [0.05, 0.1) is 19.9 Å². The van der Waals surface area contributed by atoms with E-state index in [1.807, 2.05) is 29.2 Å². The van der Waals surface area contributed by atoms with Crippen LogP contribution >= 0.6 is 0 Å². The fourth-order valence-electron chi connectivity index (χ4n) is 4.27. The Labute approximate surface area is 210 Å². The van der Waals surface area contributed by atoms with Gasteiger partial charge in [0.1, 0.15) is 11.6 Å². The highest BCUT2D eigenvalue weighted by Crippen LogP contribution is 2.31. The molecule has 0 aliphatic carbocycles. The number of methoxy groups -OCH3 is 1. The van der Waals surface area contributed by atoms with E-state index in [4.69, 9.17) is 9.72 Å². The molecule has 1 aliphatic rings. The predicted molar refractivity (Wildman–Crippen MR) is 141 cm³/mol. The molecule has 2 aromatic heterocycles. The fourth-order valence-corrected chi connectivity index (χ4v) is 4.27. The number of aliphatic hydroxyl groups excluding tert-OH is 1. The zero-order chi connectivity index (χ0) is 25.1. The lowest BCUT2D eigenvalue weighted by Crippen LogP contribution is -2.23. The molecular weight excluding hydrogens is 454 g/mol. The highest BCUT2D eigenvalue weighted by Gasteiger charge is 2.15. The second kappa shape index (κ2) is 10.3. The van der Waals surface area contributed by atoms with Crippen molar-refractivity contribution in [2.45, 2.75) is 39.5 Å². The first-order valence-corrected chi connectivity index (χ1v) is 12.1. The van der Waals surface area contributed by atoms with Crippen molar-refractivity contribution in [3.8, 4) is 16.9 Å². The zero-order valence-electron chi connectivity index (χ0n) is 20.7. The van der Waals surface area contributed by atoms with E-state index in [9.17, 15) is 5.11 Å². The van der Waals surface area contributed by atoms with E-state index in [2.05, 4.69) is 58.1 Å². The molecule has 0 amide bonds. The Kier molecular flexibility index (Phi) is 6.84. The fraction of sp³-hybridized carbons (Fsp3) is 0.296. The minimum Gasteiger partial charge on any atom is -0.497 e. The number of fused-ring (bicyclic) bond motifs is 1. The highest BCUT2D eigenvalue weighted by atomic mass is 16.5. The van der Waals surface area contributed by atoms with E-state index in [-0.39, 0.29) is 12.6 Å². The van der Waals surface area contributed by atoms with Crippen LogP contribution in [0.15, 0.2) is 55.0 Å². The standard InChI is InChI=1S/C27H31N7O2/c1-17(2)34-15-21(13-30-34)25-14-29-27(32-23-8-18(16-35)9-24(11-23)36-3)33-26(25)31-22-5-4-19-6-7-28-12-20(19)10-22/h4-5,8-11,13-15,17,28,35H,6-7,12,16H2,1-3H3,(H2,29,31,32,33). The van der Waals surface area contributed by atoms with Gasteiger partial charge in [0.15, 0.2) is 0 Å². The molecule has 3 heterocycles. The van der Waals surface area contributed by atoms with Crippen LogP contribution in [0.25, 0.3) is 11.1 Å². The molecule has 1 aliphatic heterocycles. The van der Waals surface area contributed by atoms with Gasteiger partial charge in [-0.25, -0.2) is 4.98 Å². The molecule has 9 heteroatoms. The summed E-state index contributed by atoms with van der Waals surface area (Å²) >= 11 is 0. The van der Waals surface area contributed by atoms with E-state index in [1.54, 1.807) is 19.4 Å². The Morgan fingerprint density at radius 2 is 1.97 bits per heavy atom. The first kappa shape index (κ1) is 23.8. The molecule has 0 saturated heterocycles. The van der Waals surface area contributed by atoms with E-state index in [0.717, 1.165) is 47.6 Å². The topological polar surface area (TPSA) is 109 Å². The van der Waals surface area contributed by atoms with Crippen LogP contribution in [0.4, 0.5) is 23.1 Å². The Balaban J connectivity index is 1.51. The summed E-state index contributed by atoms with van der Waals surface area (Å²) in [5.74, 6) is 1.74. The molecule has 186 valence electrons. The molecule has 0 saturated carbocycles. The quantitative estimate of drug-likeness (QED) is 0.288. The number of anilines is 4. The number of hydrogen-bond acceptors (Lipinski definition) is 8. The van der Waals surface area contributed by atoms with Crippen LogP contribution in [0.5, 0.6) is 5.75 Å². The molecule has 4 aromatic rings. The van der Waals surface area contributed by atoms with Crippen molar-refractivity contribution in [3.05, 3.63) is 71.7 Å². The largest absolute Gasteiger partial charge is 0.497 e. The number of hydrogen-bond donors (Lipinski definition) is 4. The second-order valence-corrected chi connectivity index (χ2v) is 9.15. The van der Waals surface area contributed by atoms with Crippen molar-refractivity contribution in [2.24, 2.45) is 0 Å². The Morgan fingerprint density at radius 1 is 1.08 bits per heavy atom. The lowest BCUT2D eigenvalue weighted by Gasteiger charge is -2.19. The third kappa shape index (κ3) is 5.17. The van der Waals surface area contributed by atoms with Crippen LogP contribution in [0.2, 0.25) is 0 Å².